The van der Waals surface area contributed by atoms with Crippen molar-refractivity contribution >= 4 is 17.9 Å². The molecule has 6 heteroatoms. The number of carbonyl (C=O) groups excluding carboxylic acids is 3. The summed E-state index contributed by atoms with van der Waals surface area (Å²) in [5.74, 6) is -1.02. The molecular weight excluding hydrogens is 817 g/mol. The summed E-state index contributed by atoms with van der Waals surface area (Å²) in [4.78, 5) is 38.0. The average Bonchev–Trinajstić information content (AvgIpc) is 3.31. The van der Waals surface area contributed by atoms with Gasteiger partial charge in [-0.25, -0.2) is 0 Å². The van der Waals surface area contributed by atoms with Crippen LogP contribution in [0.4, 0.5) is 0 Å². The van der Waals surface area contributed by atoms with E-state index in [1.807, 2.05) is 54.7 Å². The van der Waals surface area contributed by atoms with Gasteiger partial charge in [0, 0.05) is 19.3 Å². The molecule has 0 aliphatic carbocycles. The van der Waals surface area contributed by atoms with Gasteiger partial charge in [0.1, 0.15) is 13.2 Å². The van der Waals surface area contributed by atoms with Crippen LogP contribution in [0.5, 0.6) is 0 Å². The minimum absolute atomic E-state index is 0.114. The molecule has 0 amide bonds. The second-order valence-corrected chi connectivity index (χ2v) is 17.5. The Bertz CT molecular complexity index is 1370. The molecule has 0 aromatic heterocycles. The van der Waals surface area contributed by atoms with Crippen LogP contribution in [-0.4, -0.2) is 37.2 Å². The van der Waals surface area contributed by atoms with Gasteiger partial charge >= 0.3 is 17.9 Å². The van der Waals surface area contributed by atoms with Crippen LogP contribution in [0.15, 0.2) is 109 Å². The van der Waals surface area contributed by atoms with Crippen LogP contribution < -0.4 is 0 Å². The molecule has 0 rings (SSSR count). The van der Waals surface area contributed by atoms with E-state index in [1.54, 1.807) is 0 Å². The maximum absolute atomic E-state index is 12.8. The van der Waals surface area contributed by atoms with Crippen LogP contribution in [0.1, 0.15) is 233 Å². The average molecular weight is 915 g/mol. The summed E-state index contributed by atoms with van der Waals surface area (Å²) < 4.78 is 16.7. The maximum atomic E-state index is 12.8. The van der Waals surface area contributed by atoms with E-state index < -0.39 is 6.10 Å². The highest BCUT2D eigenvalue weighted by Gasteiger charge is 2.19. The fourth-order valence-corrected chi connectivity index (χ4v) is 7.08. The van der Waals surface area contributed by atoms with Crippen molar-refractivity contribution in [3.63, 3.8) is 0 Å². The van der Waals surface area contributed by atoms with Crippen LogP contribution in [0.2, 0.25) is 0 Å². The molecule has 0 aliphatic rings. The molecule has 0 saturated heterocycles. The molecule has 6 nitrogen and oxygen atoms in total. The normalized spacial score (nSPS) is 13.0. The lowest BCUT2D eigenvalue weighted by Crippen LogP contribution is -2.30. The first-order valence-electron chi connectivity index (χ1n) is 27.0. The molecule has 0 aromatic rings. The minimum atomic E-state index is -0.819. The number of rotatable bonds is 47. The molecule has 0 saturated carbocycles. The van der Waals surface area contributed by atoms with Crippen LogP contribution in [0, 0.1) is 0 Å². The standard InChI is InChI=1S/C60H98O6/c1-4-7-10-13-16-19-22-25-27-29-31-32-35-38-41-44-47-50-53-59(62)65-56-57(55-64-58(61)52-49-46-43-40-37-34-24-21-18-15-12-9-6-3)66-60(63)54-51-48-45-42-39-36-33-30-28-26-23-20-17-14-11-8-5-2/h9,12,15,17-18,20-21,24,26-29,31-32,34,37,40,43,57H,4-8,10-11,13-14,16,19,22-23,25,30,33,35-36,38-39,41-42,44-56H2,1-3H3/b12-9+,18-15+,20-17+,24-21+,28-26+,29-27+,32-31+,37-34+,43-40+. The third-order valence-corrected chi connectivity index (χ3v) is 11.1. The van der Waals surface area contributed by atoms with Crippen molar-refractivity contribution in [2.24, 2.45) is 0 Å². The number of allylic oxidation sites excluding steroid dienone is 18. The largest absolute Gasteiger partial charge is 0.462 e. The summed E-state index contributed by atoms with van der Waals surface area (Å²) >= 11 is 0. The summed E-state index contributed by atoms with van der Waals surface area (Å²) in [6, 6.07) is 0. The fourth-order valence-electron chi connectivity index (χ4n) is 7.08. The number of unbranched alkanes of at least 4 members (excludes halogenated alkanes) is 23. The van der Waals surface area contributed by atoms with Crippen molar-refractivity contribution in [2.45, 2.75) is 239 Å². The van der Waals surface area contributed by atoms with Crippen molar-refractivity contribution in [1.29, 1.82) is 0 Å². The van der Waals surface area contributed by atoms with Gasteiger partial charge in [0.15, 0.2) is 6.10 Å². The molecular formula is C60H98O6. The molecule has 0 N–H and O–H groups in total. The van der Waals surface area contributed by atoms with E-state index in [0.29, 0.717) is 19.3 Å². The molecule has 66 heavy (non-hydrogen) atoms. The predicted octanol–water partition coefficient (Wildman–Crippen LogP) is 17.9. The second kappa shape index (κ2) is 53.7. The van der Waals surface area contributed by atoms with Crippen molar-refractivity contribution in [3.8, 4) is 0 Å². The van der Waals surface area contributed by atoms with Crippen molar-refractivity contribution in [3.05, 3.63) is 109 Å². The van der Waals surface area contributed by atoms with Crippen molar-refractivity contribution < 1.29 is 28.6 Å². The molecule has 0 radical (unpaired) electrons. The van der Waals surface area contributed by atoms with Gasteiger partial charge in [-0.1, -0.05) is 233 Å². The highest BCUT2D eigenvalue weighted by Crippen LogP contribution is 2.14. The zero-order chi connectivity index (χ0) is 47.9. The first-order chi connectivity index (χ1) is 32.5. The smallest absolute Gasteiger partial charge is 0.306 e. The monoisotopic (exact) mass is 915 g/mol. The Morgan fingerprint density at radius 3 is 1.15 bits per heavy atom. The summed E-state index contributed by atoms with van der Waals surface area (Å²) in [6.45, 7) is 6.37. The van der Waals surface area contributed by atoms with Gasteiger partial charge in [-0.2, -0.15) is 0 Å². The quantitative estimate of drug-likeness (QED) is 0.0199. The Morgan fingerprint density at radius 2 is 0.667 bits per heavy atom. The highest BCUT2D eigenvalue weighted by atomic mass is 16.6. The third-order valence-electron chi connectivity index (χ3n) is 11.1. The molecule has 0 bridgehead atoms. The topological polar surface area (TPSA) is 78.9 Å². The van der Waals surface area contributed by atoms with E-state index in [1.165, 1.54) is 103 Å². The van der Waals surface area contributed by atoms with E-state index >= 15 is 0 Å². The van der Waals surface area contributed by atoms with E-state index in [2.05, 4.69) is 75.5 Å². The highest BCUT2D eigenvalue weighted by molar-refractivity contribution is 5.71. The molecule has 374 valence electrons. The molecule has 0 fully saturated rings. The number of hydrogen-bond acceptors (Lipinski definition) is 6. The van der Waals surface area contributed by atoms with Gasteiger partial charge in [-0.3, -0.25) is 14.4 Å². The predicted molar refractivity (Wildman–Crippen MR) is 283 cm³/mol. The molecule has 0 aromatic carbocycles. The van der Waals surface area contributed by atoms with Gasteiger partial charge in [-0.15, -0.1) is 0 Å². The third kappa shape index (κ3) is 51.1. The Hall–Kier alpha value is -3.93. The van der Waals surface area contributed by atoms with Crippen LogP contribution in [-0.2, 0) is 28.6 Å². The van der Waals surface area contributed by atoms with Crippen molar-refractivity contribution in [2.75, 3.05) is 13.2 Å². The van der Waals surface area contributed by atoms with Crippen molar-refractivity contribution in [1.82, 2.24) is 0 Å². The first kappa shape index (κ1) is 62.1. The molecule has 0 spiro atoms. The Kier molecular flexibility index (Phi) is 50.5. The van der Waals surface area contributed by atoms with Crippen LogP contribution in [0.25, 0.3) is 0 Å². The SMILES string of the molecule is CC/C=C/C=C/C=C/C=C/C=C/CCCC(=O)OCC(COC(=O)CCCCCCC/C=C/C=C/CCCCCCCCC)OC(=O)CCCCCCCCC/C=C/C/C=C/CCCCC. The Labute approximate surface area is 406 Å². The Balaban J connectivity index is 4.51. The van der Waals surface area contributed by atoms with Gasteiger partial charge in [0.2, 0.25) is 0 Å². The maximum Gasteiger partial charge on any atom is 0.306 e. The lowest BCUT2D eigenvalue weighted by Gasteiger charge is -2.18. The Morgan fingerprint density at radius 1 is 0.333 bits per heavy atom. The van der Waals surface area contributed by atoms with E-state index in [-0.39, 0.29) is 37.5 Å². The fraction of sp³-hybridized carbons (Fsp3) is 0.650. The number of ether oxygens (including phenoxy) is 3. The summed E-state index contributed by atoms with van der Waals surface area (Å²) in [7, 11) is 0. The van der Waals surface area contributed by atoms with E-state index in [4.69, 9.17) is 14.2 Å². The zero-order valence-electron chi connectivity index (χ0n) is 42.7. The van der Waals surface area contributed by atoms with E-state index in [0.717, 1.165) is 83.5 Å². The van der Waals surface area contributed by atoms with E-state index in [9.17, 15) is 14.4 Å². The van der Waals surface area contributed by atoms with Gasteiger partial charge < -0.3 is 14.2 Å². The zero-order valence-corrected chi connectivity index (χ0v) is 42.7. The second-order valence-electron chi connectivity index (χ2n) is 17.5. The summed E-state index contributed by atoms with van der Waals surface area (Å²) in [5.41, 5.74) is 0. The summed E-state index contributed by atoms with van der Waals surface area (Å²) in [6.07, 6.45) is 72.2. The van der Waals surface area contributed by atoms with Crippen LogP contribution in [0.3, 0.4) is 0 Å². The lowest BCUT2D eigenvalue weighted by atomic mass is 10.1. The summed E-state index contributed by atoms with van der Waals surface area (Å²) in [5, 5.41) is 0. The molecule has 1 unspecified atom stereocenters. The van der Waals surface area contributed by atoms with Gasteiger partial charge in [0.25, 0.3) is 0 Å². The number of carbonyl (C=O) groups is 3. The number of esters is 3. The number of hydrogen-bond donors (Lipinski definition) is 0. The molecule has 1 atom stereocenters. The molecule has 0 aliphatic heterocycles. The van der Waals surface area contributed by atoms with Gasteiger partial charge in [0.05, 0.1) is 0 Å². The lowest BCUT2D eigenvalue weighted by molar-refractivity contribution is -0.167. The minimum Gasteiger partial charge on any atom is -0.462 e. The first-order valence-corrected chi connectivity index (χ1v) is 27.0. The van der Waals surface area contributed by atoms with Crippen LogP contribution >= 0.6 is 0 Å². The van der Waals surface area contributed by atoms with Gasteiger partial charge in [-0.05, 0) is 89.9 Å². The molecule has 0 heterocycles.